The first-order chi connectivity index (χ1) is 16.0. The van der Waals surface area contributed by atoms with Gasteiger partial charge < -0.3 is 15.0 Å². The van der Waals surface area contributed by atoms with E-state index in [1.54, 1.807) is 24.0 Å². The van der Waals surface area contributed by atoms with E-state index < -0.39 is 6.04 Å². The van der Waals surface area contributed by atoms with Crippen molar-refractivity contribution < 1.29 is 14.3 Å². The number of nitrogens with zero attached hydrogens (tertiary/aromatic N) is 1. The number of fused-ring (bicyclic) bond motifs is 1. The number of amides is 2. The van der Waals surface area contributed by atoms with Crippen LogP contribution >= 0.6 is 11.6 Å². The molecule has 33 heavy (non-hydrogen) atoms. The van der Waals surface area contributed by atoms with Gasteiger partial charge in [-0.25, -0.2) is 0 Å². The third kappa shape index (κ3) is 5.85. The molecule has 6 heteroatoms. The molecule has 0 heterocycles. The molecule has 172 valence electrons. The molecule has 5 nitrogen and oxygen atoms in total. The van der Waals surface area contributed by atoms with E-state index in [4.69, 9.17) is 16.3 Å². The van der Waals surface area contributed by atoms with E-state index in [1.807, 2.05) is 54.6 Å². The van der Waals surface area contributed by atoms with Gasteiger partial charge in [-0.05, 0) is 48.9 Å². The second-order valence-corrected chi connectivity index (χ2v) is 9.02. The summed E-state index contributed by atoms with van der Waals surface area (Å²) in [7, 11) is 0. The Balaban J connectivity index is 1.50. The molecule has 1 aliphatic rings. The van der Waals surface area contributed by atoms with Gasteiger partial charge in [-0.15, -0.1) is 0 Å². The Morgan fingerprint density at radius 1 is 1.03 bits per heavy atom. The van der Waals surface area contributed by atoms with E-state index in [1.165, 1.54) is 0 Å². The second-order valence-electron chi connectivity index (χ2n) is 8.58. The van der Waals surface area contributed by atoms with Crippen LogP contribution in [0.25, 0.3) is 10.8 Å². The predicted molar refractivity (Wildman–Crippen MR) is 131 cm³/mol. The minimum absolute atomic E-state index is 0.130. The Kier molecular flexibility index (Phi) is 7.50. The zero-order valence-electron chi connectivity index (χ0n) is 18.8. The number of halogens is 1. The van der Waals surface area contributed by atoms with Crippen molar-refractivity contribution in [3.63, 3.8) is 0 Å². The maximum Gasteiger partial charge on any atom is 0.261 e. The van der Waals surface area contributed by atoms with Crippen molar-refractivity contribution in [2.45, 2.75) is 51.2 Å². The Morgan fingerprint density at radius 3 is 2.48 bits per heavy atom. The highest BCUT2D eigenvalue weighted by atomic mass is 35.5. The van der Waals surface area contributed by atoms with Crippen molar-refractivity contribution in [2.24, 2.45) is 0 Å². The minimum Gasteiger partial charge on any atom is -0.483 e. The Bertz CT molecular complexity index is 1100. The molecule has 0 unspecified atom stereocenters. The smallest absolute Gasteiger partial charge is 0.261 e. The van der Waals surface area contributed by atoms with Gasteiger partial charge in [0.05, 0.1) is 0 Å². The normalized spacial score (nSPS) is 14.7. The lowest BCUT2D eigenvalue weighted by Crippen LogP contribution is -2.50. The molecule has 1 N–H and O–H groups in total. The fourth-order valence-electron chi connectivity index (χ4n) is 4.31. The number of carbonyl (C=O) groups excluding carboxylic acids is 2. The van der Waals surface area contributed by atoms with Crippen molar-refractivity contribution in [1.29, 1.82) is 0 Å². The Hall–Kier alpha value is -3.05. The molecule has 0 bridgehead atoms. The van der Waals surface area contributed by atoms with Gasteiger partial charge in [0.2, 0.25) is 5.91 Å². The predicted octanol–water partition coefficient (Wildman–Crippen LogP) is 5.35. The van der Waals surface area contributed by atoms with E-state index in [9.17, 15) is 9.59 Å². The van der Waals surface area contributed by atoms with Crippen LogP contribution in [0.3, 0.4) is 0 Å². The lowest BCUT2D eigenvalue weighted by Gasteiger charge is -2.29. The molecule has 1 fully saturated rings. The lowest BCUT2D eigenvalue weighted by atomic mass is 10.1. The number of nitrogens with one attached hydrogen (secondary N) is 1. The summed E-state index contributed by atoms with van der Waals surface area (Å²) in [5.74, 6) is 0.275. The fourth-order valence-corrected chi connectivity index (χ4v) is 4.43. The summed E-state index contributed by atoms with van der Waals surface area (Å²) in [5.41, 5.74) is 0.901. The van der Waals surface area contributed by atoms with Gasteiger partial charge in [0.1, 0.15) is 11.8 Å². The van der Waals surface area contributed by atoms with Gasteiger partial charge in [0.15, 0.2) is 6.61 Å². The van der Waals surface area contributed by atoms with E-state index in [0.717, 1.165) is 42.0 Å². The van der Waals surface area contributed by atoms with Gasteiger partial charge >= 0.3 is 0 Å². The first kappa shape index (κ1) is 23.1. The third-order valence-electron chi connectivity index (χ3n) is 6.24. The number of carbonyl (C=O) groups is 2. The maximum atomic E-state index is 13.3. The molecule has 0 aromatic heterocycles. The highest BCUT2D eigenvalue weighted by Gasteiger charge is 2.28. The van der Waals surface area contributed by atoms with Gasteiger partial charge in [-0.1, -0.05) is 73.0 Å². The van der Waals surface area contributed by atoms with Crippen molar-refractivity contribution >= 4 is 34.2 Å². The van der Waals surface area contributed by atoms with Crippen LogP contribution in [0.4, 0.5) is 0 Å². The highest BCUT2D eigenvalue weighted by molar-refractivity contribution is 6.30. The summed E-state index contributed by atoms with van der Waals surface area (Å²) in [6.45, 7) is 1.92. The summed E-state index contributed by atoms with van der Waals surface area (Å²) in [6.07, 6.45) is 4.25. The monoisotopic (exact) mass is 464 g/mol. The molecular weight excluding hydrogens is 436 g/mol. The topological polar surface area (TPSA) is 58.6 Å². The molecule has 0 spiro atoms. The van der Waals surface area contributed by atoms with E-state index in [0.29, 0.717) is 17.3 Å². The largest absolute Gasteiger partial charge is 0.483 e. The molecule has 1 atom stereocenters. The van der Waals surface area contributed by atoms with Crippen LogP contribution in [-0.2, 0) is 16.1 Å². The molecule has 2 amide bonds. The lowest BCUT2D eigenvalue weighted by molar-refractivity contribution is -0.142. The number of hydrogen-bond acceptors (Lipinski definition) is 3. The third-order valence-corrected chi connectivity index (χ3v) is 6.49. The zero-order valence-corrected chi connectivity index (χ0v) is 19.6. The van der Waals surface area contributed by atoms with Crippen LogP contribution in [0, 0.1) is 0 Å². The molecular formula is C27H29ClN2O3. The molecule has 3 aromatic rings. The molecule has 1 saturated carbocycles. The number of ether oxygens (including phenoxy) is 1. The highest BCUT2D eigenvalue weighted by Crippen LogP contribution is 2.25. The van der Waals surface area contributed by atoms with Crippen molar-refractivity contribution in [3.05, 3.63) is 77.3 Å². The fraction of sp³-hybridized carbons (Fsp3) is 0.333. The summed E-state index contributed by atoms with van der Waals surface area (Å²) < 4.78 is 5.94. The van der Waals surface area contributed by atoms with Crippen LogP contribution in [0.1, 0.15) is 38.2 Å². The zero-order chi connectivity index (χ0) is 23.2. The molecule has 4 rings (SSSR count). The van der Waals surface area contributed by atoms with Crippen LogP contribution < -0.4 is 10.1 Å². The summed E-state index contributed by atoms with van der Waals surface area (Å²) >= 11 is 6.02. The van der Waals surface area contributed by atoms with Gasteiger partial charge in [0.25, 0.3) is 5.91 Å². The average Bonchev–Trinajstić information content (AvgIpc) is 3.34. The van der Waals surface area contributed by atoms with Crippen LogP contribution in [0.2, 0.25) is 5.02 Å². The quantitative estimate of drug-likeness (QED) is 0.489. The average molecular weight is 465 g/mol. The van der Waals surface area contributed by atoms with Crippen molar-refractivity contribution in [3.8, 4) is 5.75 Å². The Labute approximate surface area is 199 Å². The van der Waals surface area contributed by atoms with Crippen LogP contribution in [0.5, 0.6) is 5.75 Å². The number of rotatable bonds is 8. The van der Waals surface area contributed by atoms with Crippen molar-refractivity contribution in [1.82, 2.24) is 10.2 Å². The molecule has 1 aliphatic carbocycles. The molecule has 0 aliphatic heterocycles. The first-order valence-corrected chi connectivity index (χ1v) is 11.8. The standard InChI is InChI=1S/C27H29ClN2O3/c1-19(27(32)29-23-9-3-4-10-23)30(17-20-13-15-22(28)16-14-20)26(31)18-33-25-12-6-8-21-7-2-5-11-24(21)25/h2,5-8,11-16,19,23H,3-4,9-10,17-18H2,1H3,(H,29,32)/t19-/m1/s1. The summed E-state index contributed by atoms with van der Waals surface area (Å²) in [6, 6.07) is 20.5. The van der Waals surface area contributed by atoms with Gasteiger partial charge in [-0.3, -0.25) is 9.59 Å². The minimum atomic E-state index is -0.620. The van der Waals surface area contributed by atoms with Crippen molar-refractivity contribution in [2.75, 3.05) is 6.61 Å². The first-order valence-electron chi connectivity index (χ1n) is 11.5. The number of hydrogen-bond donors (Lipinski definition) is 1. The maximum absolute atomic E-state index is 13.3. The molecule has 0 radical (unpaired) electrons. The van der Waals surface area contributed by atoms with E-state index >= 15 is 0 Å². The van der Waals surface area contributed by atoms with Gasteiger partial charge in [0, 0.05) is 23.0 Å². The summed E-state index contributed by atoms with van der Waals surface area (Å²) in [5, 5.41) is 5.73. The molecule has 3 aromatic carbocycles. The van der Waals surface area contributed by atoms with E-state index in [2.05, 4.69) is 5.32 Å². The number of benzene rings is 3. The Morgan fingerprint density at radius 2 is 1.73 bits per heavy atom. The van der Waals surface area contributed by atoms with Gasteiger partial charge in [-0.2, -0.15) is 0 Å². The van der Waals surface area contributed by atoms with E-state index in [-0.39, 0.29) is 24.5 Å². The van der Waals surface area contributed by atoms with Crippen LogP contribution in [-0.4, -0.2) is 35.4 Å². The van der Waals surface area contributed by atoms with Crippen LogP contribution in [0.15, 0.2) is 66.7 Å². The molecule has 0 saturated heterocycles. The SMILES string of the molecule is C[C@H](C(=O)NC1CCCC1)N(Cc1ccc(Cl)cc1)C(=O)COc1cccc2ccccc12. The summed E-state index contributed by atoms with van der Waals surface area (Å²) in [4.78, 5) is 27.9. The second kappa shape index (κ2) is 10.7.